The number of aliphatic hydroxyl groups excluding tert-OH is 1. The van der Waals surface area contributed by atoms with E-state index in [1.54, 1.807) is 0 Å². The van der Waals surface area contributed by atoms with Crippen molar-refractivity contribution in [3.63, 3.8) is 0 Å². The standard InChI is InChI=1S/C18H25N3O4/c22-16-14(20-18(23)19-12-7-3-1-4-8-12)13-11-24-17(25-13)15(16)21-9-5-2-6-10-21/h1,3-4,7-8,13-17,22H,2,5-6,9-11H2,(H2,19,20,23). The lowest BCUT2D eigenvalue weighted by molar-refractivity contribution is -0.183. The van der Waals surface area contributed by atoms with E-state index in [9.17, 15) is 9.90 Å². The molecule has 3 aliphatic heterocycles. The summed E-state index contributed by atoms with van der Waals surface area (Å²) in [6.45, 7) is 2.25. The smallest absolute Gasteiger partial charge is 0.319 e. The molecule has 0 saturated carbocycles. The number of carbonyl (C=O) groups is 1. The van der Waals surface area contributed by atoms with Gasteiger partial charge in [0.1, 0.15) is 6.10 Å². The Morgan fingerprint density at radius 2 is 1.92 bits per heavy atom. The molecular weight excluding hydrogens is 322 g/mol. The zero-order valence-corrected chi connectivity index (χ0v) is 14.1. The Bertz CT molecular complexity index is 593. The van der Waals surface area contributed by atoms with E-state index in [2.05, 4.69) is 15.5 Å². The molecular formula is C18H25N3O4. The van der Waals surface area contributed by atoms with Crippen LogP contribution in [0.4, 0.5) is 10.5 Å². The summed E-state index contributed by atoms with van der Waals surface area (Å²) in [5.41, 5.74) is 0.708. The number of carbonyl (C=O) groups excluding carboxylic acids is 1. The first-order valence-electron chi connectivity index (χ1n) is 9.04. The number of fused-ring (bicyclic) bond motifs is 2. The fourth-order valence-corrected chi connectivity index (χ4v) is 4.02. The number of hydrogen-bond acceptors (Lipinski definition) is 5. The van der Waals surface area contributed by atoms with Gasteiger partial charge in [0, 0.05) is 5.69 Å². The van der Waals surface area contributed by atoms with Crippen molar-refractivity contribution in [2.75, 3.05) is 25.0 Å². The number of nitrogens with zero attached hydrogens (tertiary/aromatic N) is 1. The van der Waals surface area contributed by atoms with E-state index >= 15 is 0 Å². The molecule has 3 fully saturated rings. The lowest BCUT2D eigenvalue weighted by Gasteiger charge is -2.45. The van der Waals surface area contributed by atoms with Gasteiger partial charge in [-0.05, 0) is 38.1 Å². The molecule has 2 bridgehead atoms. The maximum absolute atomic E-state index is 12.3. The number of anilines is 1. The van der Waals surface area contributed by atoms with Gasteiger partial charge in [0.05, 0.1) is 24.8 Å². The Morgan fingerprint density at radius 3 is 2.68 bits per heavy atom. The Balaban J connectivity index is 1.44. The number of amides is 2. The maximum atomic E-state index is 12.3. The lowest BCUT2D eigenvalue weighted by atomic mass is 9.93. The molecule has 7 nitrogen and oxygen atoms in total. The minimum absolute atomic E-state index is 0.235. The third kappa shape index (κ3) is 3.50. The molecule has 0 aromatic heterocycles. The lowest BCUT2D eigenvalue weighted by Crippen LogP contribution is -2.66. The van der Waals surface area contributed by atoms with Crippen LogP contribution >= 0.6 is 0 Å². The number of para-hydroxylation sites is 1. The predicted molar refractivity (Wildman–Crippen MR) is 92.2 cm³/mol. The molecule has 5 atom stereocenters. The molecule has 7 heteroatoms. The van der Waals surface area contributed by atoms with E-state index < -0.39 is 18.4 Å². The average molecular weight is 347 g/mol. The normalized spacial score (nSPS) is 35.3. The van der Waals surface area contributed by atoms with Crippen molar-refractivity contribution in [3.05, 3.63) is 30.3 Å². The van der Waals surface area contributed by atoms with E-state index in [1.807, 2.05) is 30.3 Å². The Labute approximate surface area is 147 Å². The number of likely N-dealkylation sites (tertiary alicyclic amines) is 1. The van der Waals surface area contributed by atoms with Gasteiger partial charge in [-0.15, -0.1) is 0 Å². The van der Waals surface area contributed by atoms with E-state index in [0.717, 1.165) is 25.9 Å². The summed E-state index contributed by atoms with van der Waals surface area (Å²) in [5, 5.41) is 16.6. The molecule has 2 amide bonds. The highest BCUT2D eigenvalue weighted by Crippen LogP contribution is 2.32. The number of aliphatic hydroxyl groups is 1. The molecule has 4 rings (SSSR count). The maximum Gasteiger partial charge on any atom is 0.319 e. The first kappa shape index (κ1) is 16.8. The van der Waals surface area contributed by atoms with Crippen LogP contribution in [0.5, 0.6) is 0 Å². The van der Waals surface area contributed by atoms with Crippen molar-refractivity contribution in [3.8, 4) is 0 Å². The minimum Gasteiger partial charge on any atom is -0.389 e. The van der Waals surface area contributed by atoms with Crippen LogP contribution in [0, 0.1) is 0 Å². The monoisotopic (exact) mass is 347 g/mol. The second-order valence-corrected chi connectivity index (χ2v) is 6.94. The van der Waals surface area contributed by atoms with Gasteiger partial charge in [0.2, 0.25) is 0 Å². The van der Waals surface area contributed by atoms with Gasteiger partial charge in [-0.2, -0.15) is 0 Å². The molecule has 0 spiro atoms. The summed E-state index contributed by atoms with van der Waals surface area (Å²) in [5.74, 6) is 0. The summed E-state index contributed by atoms with van der Waals surface area (Å²) < 4.78 is 11.7. The van der Waals surface area contributed by atoms with Crippen LogP contribution in [0.2, 0.25) is 0 Å². The van der Waals surface area contributed by atoms with Crippen LogP contribution < -0.4 is 10.6 Å². The zero-order chi connectivity index (χ0) is 17.2. The highest BCUT2D eigenvalue weighted by Gasteiger charge is 2.52. The summed E-state index contributed by atoms with van der Waals surface area (Å²) >= 11 is 0. The van der Waals surface area contributed by atoms with Gasteiger partial charge in [-0.25, -0.2) is 4.79 Å². The molecule has 3 saturated heterocycles. The number of ether oxygens (including phenoxy) is 2. The third-order valence-corrected chi connectivity index (χ3v) is 5.27. The Kier molecular flexibility index (Phi) is 4.89. The molecule has 1 aromatic carbocycles. The first-order chi connectivity index (χ1) is 12.2. The fourth-order valence-electron chi connectivity index (χ4n) is 4.02. The highest BCUT2D eigenvalue weighted by atomic mass is 16.7. The van der Waals surface area contributed by atoms with Crippen molar-refractivity contribution in [1.29, 1.82) is 0 Å². The van der Waals surface area contributed by atoms with Crippen molar-refractivity contribution in [1.82, 2.24) is 10.2 Å². The molecule has 3 aliphatic rings. The van der Waals surface area contributed by atoms with E-state index in [1.165, 1.54) is 6.42 Å². The van der Waals surface area contributed by atoms with E-state index in [0.29, 0.717) is 12.3 Å². The molecule has 3 N–H and O–H groups in total. The van der Waals surface area contributed by atoms with E-state index in [4.69, 9.17) is 9.47 Å². The number of nitrogens with one attached hydrogen (secondary N) is 2. The van der Waals surface area contributed by atoms with Crippen LogP contribution in [-0.2, 0) is 9.47 Å². The van der Waals surface area contributed by atoms with Gasteiger partial charge in [0.25, 0.3) is 0 Å². The summed E-state index contributed by atoms with van der Waals surface area (Å²) in [7, 11) is 0. The van der Waals surface area contributed by atoms with Crippen LogP contribution in [0.15, 0.2) is 30.3 Å². The summed E-state index contributed by atoms with van der Waals surface area (Å²) in [6.07, 6.45) is 2.01. The van der Waals surface area contributed by atoms with Gasteiger partial charge >= 0.3 is 6.03 Å². The average Bonchev–Trinajstić information content (AvgIpc) is 3.06. The Morgan fingerprint density at radius 1 is 1.16 bits per heavy atom. The number of rotatable bonds is 3. The number of urea groups is 1. The Hall–Kier alpha value is -1.67. The van der Waals surface area contributed by atoms with Gasteiger partial charge in [0.15, 0.2) is 6.29 Å². The van der Waals surface area contributed by atoms with Crippen molar-refractivity contribution >= 4 is 11.7 Å². The van der Waals surface area contributed by atoms with Crippen LogP contribution in [0.1, 0.15) is 19.3 Å². The third-order valence-electron chi connectivity index (χ3n) is 5.27. The van der Waals surface area contributed by atoms with Crippen molar-refractivity contribution in [2.45, 2.75) is 49.8 Å². The molecule has 0 aliphatic carbocycles. The van der Waals surface area contributed by atoms with Crippen molar-refractivity contribution < 1.29 is 19.4 Å². The largest absolute Gasteiger partial charge is 0.389 e. The molecule has 5 unspecified atom stereocenters. The van der Waals surface area contributed by atoms with Gasteiger partial charge in [-0.3, -0.25) is 4.90 Å². The molecule has 136 valence electrons. The topological polar surface area (TPSA) is 83.1 Å². The van der Waals surface area contributed by atoms with Gasteiger partial charge in [-0.1, -0.05) is 24.6 Å². The van der Waals surface area contributed by atoms with E-state index in [-0.39, 0.29) is 18.2 Å². The fraction of sp³-hybridized carbons (Fsp3) is 0.611. The molecule has 1 aromatic rings. The summed E-state index contributed by atoms with van der Waals surface area (Å²) in [4.78, 5) is 14.6. The molecule has 0 radical (unpaired) electrons. The van der Waals surface area contributed by atoms with Crippen LogP contribution in [0.3, 0.4) is 0 Å². The van der Waals surface area contributed by atoms with Crippen molar-refractivity contribution in [2.24, 2.45) is 0 Å². The highest BCUT2D eigenvalue weighted by molar-refractivity contribution is 5.89. The van der Waals surface area contributed by atoms with Gasteiger partial charge < -0.3 is 25.2 Å². The summed E-state index contributed by atoms with van der Waals surface area (Å²) in [6, 6.07) is 8.17. The number of hydrogen-bond donors (Lipinski definition) is 3. The zero-order valence-electron chi connectivity index (χ0n) is 14.1. The minimum atomic E-state index is -0.717. The van der Waals surface area contributed by atoms with Crippen LogP contribution in [0.25, 0.3) is 0 Å². The molecule has 25 heavy (non-hydrogen) atoms. The molecule has 3 heterocycles. The van der Waals surface area contributed by atoms with Crippen LogP contribution in [-0.4, -0.2) is 66.3 Å². The predicted octanol–water partition coefficient (Wildman–Crippen LogP) is 1.15. The number of piperidine rings is 1. The number of benzene rings is 1. The first-order valence-corrected chi connectivity index (χ1v) is 9.04. The SMILES string of the molecule is O=C(Nc1ccccc1)NC1C2COC(O2)C(N2CCCCC2)C1O. The quantitative estimate of drug-likeness (QED) is 0.764. The second-order valence-electron chi connectivity index (χ2n) is 6.94. The second kappa shape index (κ2) is 7.29.